The molecule has 0 bridgehead atoms. The van der Waals surface area contributed by atoms with Gasteiger partial charge in [-0.3, -0.25) is 4.79 Å². The molecule has 0 aliphatic carbocycles. The van der Waals surface area contributed by atoms with Crippen LogP contribution in [-0.4, -0.2) is 47.9 Å². The predicted molar refractivity (Wildman–Crippen MR) is 90.6 cm³/mol. The summed E-state index contributed by atoms with van der Waals surface area (Å²) in [4.78, 5) is 27.4. The Kier molecular flexibility index (Phi) is 6.97. The fraction of sp³-hybridized carbons (Fsp3) is 0.467. The van der Waals surface area contributed by atoms with Crippen LogP contribution in [0, 0.1) is 0 Å². The minimum atomic E-state index is -0.356. The molecule has 0 saturated heterocycles. The number of amides is 3. The number of hydrogen-bond acceptors (Lipinski definition) is 2. The molecular formula is C15H21Cl2N3O2. The molecule has 0 radical (unpaired) electrons. The summed E-state index contributed by atoms with van der Waals surface area (Å²) in [6, 6.07) is 4.84. The van der Waals surface area contributed by atoms with Gasteiger partial charge in [-0.2, -0.15) is 0 Å². The Labute approximate surface area is 141 Å². The molecule has 1 aromatic carbocycles. The molecular weight excluding hydrogens is 325 g/mol. The van der Waals surface area contributed by atoms with Crippen LogP contribution in [0.5, 0.6) is 0 Å². The molecule has 3 amide bonds. The molecule has 1 aromatic rings. The van der Waals surface area contributed by atoms with Crippen molar-refractivity contribution in [3.05, 3.63) is 28.2 Å². The Bertz CT molecular complexity index is 529. The Hall–Kier alpha value is -1.46. The molecule has 0 aromatic heterocycles. The highest BCUT2D eigenvalue weighted by Gasteiger charge is 2.21. The number of benzene rings is 1. The first-order valence-corrected chi connectivity index (χ1v) is 7.79. The molecule has 0 aliphatic rings. The molecule has 0 atom stereocenters. The quantitative estimate of drug-likeness (QED) is 0.884. The van der Waals surface area contributed by atoms with E-state index in [-0.39, 0.29) is 24.5 Å². The standard InChI is InChI=1S/C15H21Cl2N3O2/c1-5-20(10(2)3)15(22)19(4)9-13(21)18-14-11(16)7-6-8-12(14)17/h6-8,10H,5,9H2,1-4H3,(H,18,21). The number of carbonyl (C=O) groups is 2. The number of para-hydroxylation sites is 1. The third kappa shape index (κ3) is 4.78. The van der Waals surface area contributed by atoms with Gasteiger partial charge in [0.15, 0.2) is 0 Å². The van der Waals surface area contributed by atoms with Gasteiger partial charge >= 0.3 is 6.03 Å². The molecule has 7 heteroatoms. The Morgan fingerprint density at radius 2 is 1.77 bits per heavy atom. The van der Waals surface area contributed by atoms with Crippen molar-refractivity contribution in [1.82, 2.24) is 9.80 Å². The van der Waals surface area contributed by atoms with Gasteiger partial charge < -0.3 is 15.1 Å². The van der Waals surface area contributed by atoms with Gasteiger partial charge in [-0.05, 0) is 32.9 Å². The second kappa shape index (κ2) is 8.25. The molecule has 122 valence electrons. The lowest BCUT2D eigenvalue weighted by atomic mass is 10.3. The molecule has 0 aliphatic heterocycles. The first kappa shape index (κ1) is 18.6. The van der Waals surface area contributed by atoms with Gasteiger partial charge in [0.2, 0.25) is 5.91 Å². The second-order valence-corrected chi connectivity index (χ2v) is 5.98. The van der Waals surface area contributed by atoms with Gasteiger partial charge in [0, 0.05) is 19.6 Å². The van der Waals surface area contributed by atoms with Gasteiger partial charge in [-0.1, -0.05) is 29.3 Å². The lowest BCUT2D eigenvalue weighted by molar-refractivity contribution is -0.116. The summed E-state index contributed by atoms with van der Waals surface area (Å²) in [5.41, 5.74) is 0.355. The van der Waals surface area contributed by atoms with E-state index in [0.29, 0.717) is 22.3 Å². The number of likely N-dealkylation sites (N-methyl/N-ethyl adjacent to an activating group) is 1. The van der Waals surface area contributed by atoms with Gasteiger partial charge in [0.1, 0.15) is 6.54 Å². The van der Waals surface area contributed by atoms with Crippen molar-refractivity contribution >= 4 is 40.8 Å². The zero-order valence-electron chi connectivity index (χ0n) is 13.2. The Balaban J connectivity index is 2.70. The normalized spacial score (nSPS) is 10.5. The van der Waals surface area contributed by atoms with Crippen LogP contribution < -0.4 is 5.32 Å². The van der Waals surface area contributed by atoms with E-state index in [1.54, 1.807) is 30.1 Å². The van der Waals surface area contributed by atoms with Crippen molar-refractivity contribution in [2.24, 2.45) is 0 Å². The second-order valence-electron chi connectivity index (χ2n) is 5.16. The summed E-state index contributed by atoms with van der Waals surface area (Å²) in [5.74, 6) is -0.356. The van der Waals surface area contributed by atoms with Gasteiger partial charge in [-0.15, -0.1) is 0 Å². The summed E-state index contributed by atoms with van der Waals surface area (Å²) < 4.78 is 0. The third-order valence-electron chi connectivity index (χ3n) is 3.14. The summed E-state index contributed by atoms with van der Waals surface area (Å²) in [5, 5.41) is 3.34. The van der Waals surface area contributed by atoms with Gasteiger partial charge in [0.25, 0.3) is 0 Å². The molecule has 0 heterocycles. The maximum atomic E-state index is 12.3. The third-order valence-corrected chi connectivity index (χ3v) is 3.77. The highest BCUT2D eigenvalue weighted by Crippen LogP contribution is 2.29. The fourth-order valence-corrected chi connectivity index (χ4v) is 2.51. The van der Waals surface area contributed by atoms with Crippen LogP contribution in [-0.2, 0) is 4.79 Å². The predicted octanol–water partition coefficient (Wildman–Crippen LogP) is 3.71. The zero-order chi connectivity index (χ0) is 16.9. The van der Waals surface area contributed by atoms with E-state index in [1.165, 1.54) is 4.90 Å². The maximum absolute atomic E-state index is 12.3. The molecule has 0 spiro atoms. The molecule has 0 saturated carbocycles. The van der Waals surface area contributed by atoms with Crippen LogP contribution in [0.3, 0.4) is 0 Å². The fourth-order valence-electron chi connectivity index (χ4n) is 2.02. The first-order valence-electron chi connectivity index (χ1n) is 7.03. The summed E-state index contributed by atoms with van der Waals surface area (Å²) in [6.45, 7) is 6.26. The SMILES string of the molecule is CCN(C(=O)N(C)CC(=O)Nc1c(Cl)cccc1Cl)C(C)C. The maximum Gasteiger partial charge on any atom is 0.320 e. The van der Waals surface area contributed by atoms with E-state index in [2.05, 4.69) is 5.32 Å². The molecule has 22 heavy (non-hydrogen) atoms. The van der Waals surface area contributed by atoms with Crippen LogP contribution in [0.25, 0.3) is 0 Å². The summed E-state index contributed by atoms with van der Waals surface area (Å²) in [6.07, 6.45) is 0. The van der Waals surface area contributed by atoms with Crippen molar-refractivity contribution in [3.63, 3.8) is 0 Å². The number of nitrogens with one attached hydrogen (secondary N) is 1. The average Bonchev–Trinajstić information content (AvgIpc) is 2.43. The van der Waals surface area contributed by atoms with Crippen LogP contribution >= 0.6 is 23.2 Å². The number of hydrogen-bond donors (Lipinski definition) is 1. The van der Waals surface area contributed by atoms with Crippen molar-refractivity contribution in [2.45, 2.75) is 26.8 Å². The molecule has 5 nitrogen and oxygen atoms in total. The van der Waals surface area contributed by atoms with E-state index in [0.717, 1.165) is 0 Å². The van der Waals surface area contributed by atoms with Crippen LogP contribution in [0.4, 0.5) is 10.5 Å². The van der Waals surface area contributed by atoms with Gasteiger partial charge in [-0.25, -0.2) is 4.79 Å². The van der Waals surface area contributed by atoms with Crippen LogP contribution in [0.15, 0.2) is 18.2 Å². The Morgan fingerprint density at radius 1 is 1.23 bits per heavy atom. The van der Waals surface area contributed by atoms with Gasteiger partial charge in [0.05, 0.1) is 15.7 Å². The van der Waals surface area contributed by atoms with Crippen molar-refractivity contribution in [2.75, 3.05) is 25.5 Å². The average molecular weight is 346 g/mol. The molecule has 1 N–H and O–H groups in total. The number of rotatable bonds is 5. The molecule has 0 fully saturated rings. The topological polar surface area (TPSA) is 52.7 Å². The van der Waals surface area contributed by atoms with Crippen molar-refractivity contribution in [3.8, 4) is 0 Å². The van der Waals surface area contributed by atoms with E-state index < -0.39 is 0 Å². The van der Waals surface area contributed by atoms with E-state index in [1.807, 2.05) is 20.8 Å². The lowest BCUT2D eigenvalue weighted by Crippen LogP contribution is -2.47. The highest BCUT2D eigenvalue weighted by molar-refractivity contribution is 6.39. The number of anilines is 1. The zero-order valence-corrected chi connectivity index (χ0v) is 14.7. The minimum absolute atomic E-state index is 0.0704. The van der Waals surface area contributed by atoms with Crippen molar-refractivity contribution in [1.29, 1.82) is 0 Å². The number of carbonyl (C=O) groups excluding carboxylic acids is 2. The monoisotopic (exact) mass is 345 g/mol. The summed E-state index contributed by atoms with van der Waals surface area (Å²) >= 11 is 12.0. The smallest absolute Gasteiger partial charge is 0.320 e. The van der Waals surface area contributed by atoms with E-state index >= 15 is 0 Å². The van der Waals surface area contributed by atoms with E-state index in [4.69, 9.17) is 23.2 Å². The van der Waals surface area contributed by atoms with Crippen molar-refractivity contribution < 1.29 is 9.59 Å². The Morgan fingerprint density at radius 3 is 2.23 bits per heavy atom. The molecule has 1 rings (SSSR count). The molecule has 0 unspecified atom stereocenters. The number of halogens is 2. The number of nitrogens with zero attached hydrogens (tertiary/aromatic N) is 2. The summed E-state index contributed by atoms with van der Waals surface area (Å²) in [7, 11) is 1.58. The van der Waals surface area contributed by atoms with Crippen LogP contribution in [0.2, 0.25) is 10.0 Å². The van der Waals surface area contributed by atoms with E-state index in [9.17, 15) is 9.59 Å². The first-order chi connectivity index (χ1) is 10.3. The largest absolute Gasteiger partial charge is 0.323 e. The van der Waals surface area contributed by atoms with Crippen LogP contribution in [0.1, 0.15) is 20.8 Å². The minimum Gasteiger partial charge on any atom is -0.323 e. The number of urea groups is 1. The highest BCUT2D eigenvalue weighted by atomic mass is 35.5. The lowest BCUT2D eigenvalue weighted by Gasteiger charge is -2.30.